The normalized spacial score (nSPS) is 11.2. The second-order valence-electron chi connectivity index (χ2n) is 5.28. The van der Waals surface area contributed by atoms with Crippen molar-refractivity contribution in [3.63, 3.8) is 0 Å². The van der Waals surface area contributed by atoms with Crippen molar-refractivity contribution in [1.82, 2.24) is 0 Å². The van der Waals surface area contributed by atoms with Gasteiger partial charge < -0.3 is 10.0 Å². The lowest BCUT2D eigenvalue weighted by Gasteiger charge is -2.03. The minimum Gasteiger partial charge on any atom is -0.423 e. The first-order valence-corrected chi connectivity index (χ1v) is 7.92. The lowest BCUT2D eigenvalue weighted by atomic mass is 9.80. The lowest BCUT2D eigenvalue weighted by molar-refractivity contribution is 0.426. The number of rotatable bonds is 2. The molecule has 0 unspecified atom stereocenters. The highest BCUT2D eigenvalue weighted by atomic mass is 32.1. The SMILES string of the molecule is OB(O)c1ccc2sc3c(-c4ccccc4)cccc3c2c1. The molecule has 0 amide bonds. The maximum absolute atomic E-state index is 9.38. The molecule has 3 aromatic carbocycles. The monoisotopic (exact) mass is 304 g/mol. The smallest absolute Gasteiger partial charge is 0.423 e. The van der Waals surface area contributed by atoms with E-state index >= 15 is 0 Å². The molecule has 2 N–H and O–H groups in total. The first kappa shape index (κ1) is 13.5. The van der Waals surface area contributed by atoms with Crippen molar-refractivity contribution in [3.05, 3.63) is 66.7 Å². The Bertz CT molecular complexity index is 961. The van der Waals surface area contributed by atoms with Crippen LogP contribution >= 0.6 is 11.3 Å². The van der Waals surface area contributed by atoms with E-state index in [1.54, 1.807) is 17.4 Å². The third-order valence-corrected chi connectivity index (χ3v) is 5.12. The fourth-order valence-electron chi connectivity index (χ4n) is 2.82. The van der Waals surface area contributed by atoms with Crippen LogP contribution in [0, 0.1) is 0 Å². The van der Waals surface area contributed by atoms with Gasteiger partial charge in [-0.05, 0) is 28.0 Å². The van der Waals surface area contributed by atoms with E-state index in [-0.39, 0.29) is 0 Å². The standard InChI is InChI=1S/C18H13BO2S/c20-19(21)13-9-10-17-16(11-13)15-8-4-7-14(18(15)22-17)12-5-2-1-3-6-12/h1-11,20-21H. The van der Waals surface area contributed by atoms with E-state index < -0.39 is 7.12 Å². The fraction of sp³-hybridized carbons (Fsp3) is 0. The molecule has 0 saturated carbocycles. The van der Waals surface area contributed by atoms with E-state index in [1.807, 2.05) is 30.3 Å². The molecule has 0 aliphatic rings. The van der Waals surface area contributed by atoms with Gasteiger partial charge >= 0.3 is 7.12 Å². The zero-order valence-corrected chi connectivity index (χ0v) is 12.5. The van der Waals surface area contributed by atoms with Gasteiger partial charge in [0.05, 0.1) is 0 Å². The predicted molar refractivity (Wildman–Crippen MR) is 94.6 cm³/mol. The molecule has 0 aliphatic heterocycles. The fourth-order valence-corrected chi connectivity index (χ4v) is 4.04. The molecule has 0 saturated heterocycles. The summed E-state index contributed by atoms with van der Waals surface area (Å²) in [6, 6.07) is 22.2. The van der Waals surface area contributed by atoms with Crippen LogP contribution in [0.5, 0.6) is 0 Å². The average molecular weight is 304 g/mol. The van der Waals surface area contributed by atoms with Crippen molar-refractivity contribution in [2.45, 2.75) is 0 Å². The average Bonchev–Trinajstić information content (AvgIpc) is 2.93. The molecule has 4 rings (SSSR count). The largest absolute Gasteiger partial charge is 0.488 e. The topological polar surface area (TPSA) is 40.5 Å². The zero-order chi connectivity index (χ0) is 15.1. The highest BCUT2D eigenvalue weighted by Crippen LogP contribution is 2.39. The molecule has 1 heterocycles. The summed E-state index contributed by atoms with van der Waals surface area (Å²) in [5, 5.41) is 21.0. The second-order valence-corrected chi connectivity index (χ2v) is 6.33. The van der Waals surface area contributed by atoms with Crippen molar-refractivity contribution >= 4 is 44.1 Å². The lowest BCUT2D eigenvalue weighted by Crippen LogP contribution is -2.29. The minimum absolute atomic E-state index is 0.525. The Hall–Kier alpha value is -2.14. The van der Waals surface area contributed by atoms with Gasteiger partial charge in [0.1, 0.15) is 0 Å². The van der Waals surface area contributed by atoms with Crippen molar-refractivity contribution in [2.24, 2.45) is 0 Å². The molecule has 4 heteroatoms. The quantitative estimate of drug-likeness (QED) is 0.557. The molecule has 0 aliphatic carbocycles. The van der Waals surface area contributed by atoms with Gasteiger partial charge in [-0.15, -0.1) is 11.3 Å². The Kier molecular flexibility index (Phi) is 3.23. The highest BCUT2D eigenvalue weighted by Gasteiger charge is 2.14. The number of fused-ring (bicyclic) bond motifs is 3. The maximum atomic E-state index is 9.38. The predicted octanol–water partition coefficient (Wildman–Crippen LogP) is 3.40. The summed E-state index contributed by atoms with van der Waals surface area (Å²) in [6.45, 7) is 0. The third-order valence-electron chi connectivity index (χ3n) is 3.90. The molecular weight excluding hydrogens is 291 g/mol. The molecule has 0 fully saturated rings. The van der Waals surface area contributed by atoms with Gasteiger partial charge in [0, 0.05) is 14.8 Å². The molecular formula is C18H13BO2S. The summed E-state index contributed by atoms with van der Waals surface area (Å²) >= 11 is 1.74. The van der Waals surface area contributed by atoms with E-state index in [0.29, 0.717) is 5.46 Å². The molecule has 2 nitrogen and oxygen atoms in total. The van der Waals surface area contributed by atoms with Gasteiger partial charge in [-0.1, -0.05) is 60.7 Å². The highest BCUT2D eigenvalue weighted by molar-refractivity contribution is 7.26. The van der Waals surface area contributed by atoms with Crippen LogP contribution in [0.2, 0.25) is 0 Å². The molecule has 0 bridgehead atoms. The summed E-state index contributed by atoms with van der Waals surface area (Å²) < 4.78 is 2.39. The van der Waals surface area contributed by atoms with Crippen LogP contribution in [0.4, 0.5) is 0 Å². The number of benzene rings is 3. The molecule has 4 aromatic rings. The van der Waals surface area contributed by atoms with Gasteiger partial charge in [0.2, 0.25) is 0 Å². The molecule has 0 atom stereocenters. The first-order chi connectivity index (χ1) is 10.7. The Balaban J connectivity index is 2.04. The van der Waals surface area contributed by atoms with Crippen LogP contribution in [0.15, 0.2) is 66.7 Å². The van der Waals surface area contributed by atoms with E-state index in [2.05, 4.69) is 30.3 Å². The van der Waals surface area contributed by atoms with Crippen LogP contribution in [-0.4, -0.2) is 17.2 Å². The van der Waals surface area contributed by atoms with Gasteiger partial charge in [-0.25, -0.2) is 0 Å². The van der Waals surface area contributed by atoms with Gasteiger partial charge in [0.15, 0.2) is 0 Å². The number of hydrogen-bond donors (Lipinski definition) is 2. The number of hydrogen-bond acceptors (Lipinski definition) is 3. The van der Waals surface area contributed by atoms with Gasteiger partial charge in [-0.2, -0.15) is 0 Å². The van der Waals surface area contributed by atoms with E-state index in [9.17, 15) is 10.0 Å². The Morgan fingerprint density at radius 2 is 1.59 bits per heavy atom. The molecule has 0 radical (unpaired) electrons. The molecule has 0 spiro atoms. The summed E-state index contributed by atoms with van der Waals surface area (Å²) in [6.07, 6.45) is 0. The minimum atomic E-state index is -1.43. The van der Waals surface area contributed by atoms with Gasteiger partial charge in [-0.3, -0.25) is 0 Å². The first-order valence-electron chi connectivity index (χ1n) is 7.11. The van der Waals surface area contributed by atoms with Crippen LogP contribution < -0.4 is 5.46 Å². The van der Waals surface area contributed by atoms with Crippen LogP contribution in [0.3, 0.4) is 0 Å². The molecule has 1 aromatic heterocycles. The van der Waals surface area contributed by atoms with E-state index in [1.165, 1.54) is 15.8 Å². The van der Waals surface area contributed by atoms with Crippen molar-refractivity contribution < 1.29 is 10.0 Å². The molecule has 106 valence electrons. The third kappa shape index (κ3) is 2.13. The Morgan fingerprint density at radius 3 is 2.36 bits per heavy atom. The van der Waals surface area contributed by atoms with Crippen LogP contribution in [-0.2, 0) is 0 Å². The van der Waals surface area contributed by atoms with Crippen LogP contribution in [0.1, 0.15) is 0 Å². The van der Waals surface area contributed by atoms with Gasteiger partial charge in [0.25, 0.3) is 0 Å². The van der Waals surface area contributed by atoms with E-state index in [0.717, 1.165) is 15.5 Å². The summed E-state index contributed by atoms with van der Waals surface area (Å²) in [7, 11) is -1.43. The Labute approximate surface area is 132 Å². The maximum Gasteiger partial charge on any atom is 0.488 e. The number of thiophene rings is 1. The van der Waals surface area contributed by atoms with Crippen molar-refractivity contribution in [3.8, 4) is 11.1 Å². The Morgan fingerprint density at radius 1 is 0.773 bits per heavy atom. The summed E-state index contributed by atoms with van der Waals surface area (Å²) in [5.41, 5.74) is 2.93. The van der Waals surface area contributed by atoms with Crippen molar-refractivity contribution in [1.29, 1.82) is 0 Å². The molecule has 22 heavy (non-hydrogen) atoms. The zero-order valence-electron chi connectivity index (χ0n) is 11.7. The van der Waals surface area contributed by atoms with E-state index in [4.69, 9.17) is 0 Å². The van der Waals surface area contributed by atoms with Crippen LogP contribution in [0.25, 0.3) is 31.3 Å². The van der Waals surface area contributed by atoms with Crippen molar-refractivity contribution in [2.75, 3.05) is 0 Å². The summed E-state index contributed by atoms with van der Waals surface area (Å²) in [4.78, 5) is 0. The summed E-state index contributed by atoms with van der Waals surface area (Å²) in [5.74, 6) is 0. The second kappa shape index (κ2) is 5.25.